The molecule has 0 amide bonds. The van der Waals surface area contributed by atoms with Crippen LogP contribution in [0.1, 0.15) is 0 Å². The molecule has 0 aromatic carbocycles. The van der Waals surface area contributed by atoms with Gasteiger partial charge in [-0.3, -0.25) is 0 Å². The molecule has 0 aliphatic rings. The number of hydrogen-bond acceptors (Lipinski definition) is 4. The van der Waals surface area contributed by atoms with Crippen molar-refractivity contribution in [3.63, 3.8) is 0 Å². The molecule has 0 spiro atoms. The summed E-state index contributed by atoms with van der Waals surface area (Å²) in [7, 11) is 2.74. The van der Waals surface area contributed by atoms with E-state index in [0.29, 0.717) is 6.08 Å². The Morgan fingerprint density at radius 1 is 1.31 bits per heavy atom. The van der Waals surface area contributed by atoms with Crippen LogP contribution in [0, 0.1) is 0 Å². The fraction of sp³-hybridized carbons (Fsp3) is 0.250. The molecule has 0 saturated heterocycles. The third-order valence-corrected chi connectivity index (χ3v) is 0.730. The highest BCUT2D eigenvalue weighted by Crippen LogP contribution is 1.76. The van der Waals surface area contributed by atoms with Crippen LogP contribution in [-0.4, -0.2) is 31.3 Å². The molecule has 0 atom stereocenters. The van der Waals surface area contributed by atoms with Crippen LogP contribution < -0.4 is 0 Å². The lowest BCUT2D eigenvalue weighted by Gasteiger charge is -1.85. The molecule has 0 aromatic rings. The molecule has 0 aromatic heterocycles. The summed E-state index contributed by atoms with van der Waals surface area (Å²) in [5.41, 5.74) is 0. The molecule has 0 radical (unpaired) electrons. The third-order valence-electron chi connectivity index (χ3n) is 0.730. The third kappa shape index (κ3) is 17.8. The first-order valence-electron chi connectivity index (χ1n) is 3.21. The molecule has 0 saturated carbocycles. The van der Waals surface area contributed by atoms with Crippen LogP contribution in [0.3, 0.4) is 0 Å². The Labute approximate surface area is 76.3 Å². The zero-order chi connectivity index (χ0) is 10.7. The zero-order valence-corrected chi connectivity index (χ0v) is 7.52. The minimum absolute atomic E-state index is 0.669. The molecule has 13 heavy (non-hydrogen) atoms. The Balaban J connectivity index is 0. The largest absolute Gasteiger partial charge is 0.505 e. The monoisotopic (exact) mass is 188 g/mol. The van der Waals surface area contributed by atoms with Gasteiger partial charge in [-0.15, -0.1) is 0 Å². The minimum Gasteiger partial charge on any atom is -0.505 e. The molecule has 0 aliphatic heterocycles. The fourth-order valence-corrected chi connectivity index (χ4v) is 0.207. The molecule has 0 aliphatic carbocycles. The second-order valence-electron chi connectivity index (χ2n) is 1.60. The average molecular weight is 188 g/mol. The summed E-state index contributed by atoms with van der Waals surface area (Å²) in [6, 6.07) is 0. The first-order chi connectivity index (χ1) is 6.08. The standard InChI is InChI=1S/C5H6O4.C3H6O/c1-9-5(8)3-2-4(6)7;1-3-4-2/h2-3H,1H3,(H,6,7);3H,1H2,2H3. The molecule has 0 fully saturated rings. The summed E-state index contributed by atoms with van der Waals surface area (Å²) in [6.07, 6.45) is 2.92. The predicted octanol–water partition coefficient (Wildman–Crippen LogP) is 0.577. The summed E-state index contributed by atoms with van der Waals surface area (Å²) in [5, 5.41) is 7.96. The Morgan fingerprint density at radius 2 is 1.77 bits per heavy atom. The van der Waals surface area contributed by atoms with Crippen LogP contribution in [0.2, 0.25) is 0 Å². The number of esters is 1. The summed E-state index contributed by atoms with van der Waals surface area (Å²) in [5.74, 6) is -1.84. The summed E-state index contributed by atoms with van der Waals surface area (Å²) in [6.45, 7) is 3.26. The molecule has 0 unspecified atom stereocenters. The van der Waals surface area contributed by atoms with Crippen molar-refractivity contribution in [2.45, 2.75) is 0 Å². The predicted molar refractivity (Wildman–Crippen MR) is 46.0 cm³/mol. The van der Waals surface area contributed by atoms with Crippen molar-refractivity contribution < 1.29 is 24.2 Å². The molecule has 0 bridgehead atoms. The Morgan fingerprint density at radius 3 is 2.00 bits per heavy atom. The molecule has 1 N–H and O–H groups in total. The maximum Gasteiger partial charge on any atom is 0.330 e. The van der Waals surface area contributed by atoms with Crippen molar-refractivity contribution in [3.8, 4) is 0 Å². The van der Waals surface area contributed by atoms with Gasteiger partial charge in [-0.2, -0.15) is 0 Å². The first-order valence-corrected chi connectivity index (χ1v) is 3.21. The van der Waals surface area contributed by atoms with Crippen LogP contribution in [-0.2, 0) is 19.1 Å². The van der Waals surface area contributed by atoms with Gasteiger partial charge in [-0.05, 0) is 0 Å². The number of aliphatic carboxylic acids is 1. The van der Waals surface area contributed by atoms with Crippen LogP contribution in [0.4, 0.5) is 0 Å². The van der Waals surface area contributed by atoms with Gasteiger partial charge in [0, 0.05) is 12.2 Å². The van der Waals surface area contributed by atoms with Gasteiger partial charge < -0.3 is 14.6 Å². The fourth-order valence-electron chi connectivity index (χ4n) is 0.207. The van der Waals surface area contributed by atoms with E-state index in [-0.39, 0.29) is 0 Å². The van der Waals surface area contributed by atoms with Gasteiger partial charge in [-0.1, -0.05) is 6.58 Å². The number of carboxylic acids is 1. The summed E-state index contributed by atoms with van der Waals surface area (Å²) < 4.78 is 8.42. The van der Waals surface area contributed by atoms with Gasteiger partial charge in [0.15, 0.2) is 0 Å². The summed E-state index contributed by atoms with van der Waals surface area (Å²) >= 11 is 0. The molecule has 0 rings (SSSR count). The topological polar surface area (TPSA) is 72.8 Å². The van der Waals surface area contributed by atoms with Crippen LogP contribution >= 0.6 is 0 Å². The van der Waals surface area contributed by atoms with Crippen molar-refractivity contribution in [1.82, 2.24) is 0 Å². The smallest absolute Gasteiger partial charge is 0.330 e. The quantitative estimate of drug-likeness (QED) is 0.398. The van der Waals surface area contributed by atoms with E-state index in [1.54, 1.807) is 7.11 Å². The maximum atomic E-state index is 10.1. The van der Waals surface area contributed by atoms with Crippen LogP contribution in [0.25, 0.3) is 0 Å². The lowest BCUT2D eigenvalue weighted by Crippen LogP contribution is -1.96. The minimum atomic E-state index is -1.17. The van der Waals surface area contributed by atoms with E-state index >= 15 is 0 Å². The Bertz CT molecular complexity index is 195. The first kappa shape index (κ1) is 13.8. The van der Waals surface area contributed by atoms with E-state index in [1.807, 2.05) is 0 Å². The Hall–Kier alpha value is -1.78. The molecule has 0 heterocycles. The van der Waals surface area contributed by atoms with Crippen molar-refractivity contribution in [3.05, 3.63) is 25.0 Å². The van der Waals surface area contributed by atoms with Gasteiger partial charge in [0.1, 0.15) is 0 Å². The van der Waals surface area contributed by atoms with Gasteiger partial charge in [-0.25, -0.2) is 9.59 Å². The van der Waals surface area contributed by atoms with E-state index in [2.05, 4.69) is 16.1 Å². The number of methoxy groups -OCH3 is 2. The number of rotatable bonds is 3. The second kappa shape index (κ2) is 10.2. The molecule has 5 heteroatoms. The van der Waals surface area contributed by atoms with Gasteiger partial charge in [0.2, 0.25) is 0 Å². The van der Waals surface area contributed by atoms with Crippen LogP contribution in [0.15, 0.2) is 25.0 Å². The van der Waals surface area contributed by atoms with Crippen LogP contribution in [0.5, 0.6) is 0 Å². The maximum absolute atomic E-state index is 10.1. The molecule has 5 nitrogen and oxygen atoms in total. The average Bonchev–Trinajstić information content (AvgIpc) is 2.14. The zero-order valence-electron chi connectivity index (χ0n) is 7.52. The highest BCUT2D eigenvalue weighted by atomic mass is 16.5. The van der Waals surface area contributed by atoms with Crippen molar-refractivity contribution in [2.75, 3.05) is 14.2 Å². The highest BCUT2D eigenvalue weighted by molar-refractivity contribution is 5.90. The normalized spacial score (nSPS) is 8.15. The Kier molecular flexibility index (Phi) is 10.8. The van der Waals surface area contributed by atoms with E-state index in [4.69, 9.17) is 5.11 Å². The number of carboxylic acid groups (broad SMARTS) is 1. The molecular weight excluding hydrogens is 176 g/mol. The molecular formula is C8H12O5. The number of hydrogen-bond donors (Lipinski definition) is 1. The highest BCUT2D eigenvalue weighted by Gasteiger charge is 1.91. The number of carbonyl (C=O) groups excluding carboxylic acids is 1. The van der Waals surface area contributed by atoms with Crippen molar-refractivity contribution in [1.29, 1.82) is 0 Å². The number of carbonyl (C=O) groups is 2. The van der Waals surface area contributed by atoms with E-state index in [9.17, 15) is 9.59 Å². The van der Waals surface area contributed by atoms with E-state index < -0.39 is 11.9 Å². The van der Waals surface area contributed by atoms with E-state index in [1.165, 1.54) is 13.4 Å². The lowest BCUT2D eigenvalue weighted by molar-refractivity contribution is -0.136. The second-order valence-corrected chi connectivity index (χ2v) is 1.60. The van der Waals surface area contributed by atoms with Crippen molar-refractivity contribution in [2.24, 2.45) is 0 Å². The van der Waals surface area contributed by atoms with Gasteiger partial charge in [0.05, 0.1) is 20.5 Å². The summed E-state index contributed by atoms with van der Waals surface area (Å²) in [4.78, 5) is 19.9. The van der Waals surface area contributed by atoms with Gasteiger partial charge >= 0.3 is 11.9 Å². The number of ether oxygens (including phenoxy) is 2. The van der Waals surface area contributed by atoms with Gasteiger partial charge in [0.25, 0.3) is 0 Å². The lowest BCUT2D eigenvalue weighted by atomic mass is 10.5. The van der Waals surface area contributed by atoms with Crippen molar-refractivity contribution >= 4 is 11.9 Å². The molecule has 74 valence electrons. The SMILES string of the molecule is C=COC.COC(=O)C=CC(=O)O. The van der Waals surface area contributed by atoms with E-state index in [0.717, 1.165) is 6.08 Å².